The van der Waals surface area contributed by atoms with Gasteiger partial charge in [0, 0.05) is 13.2 Å². The molecule has 0 unspecified atom stereocenters. The number of rotatable bonds is 4. The van der Waals surface area contributed by atoms with Crippen LogP contribution in [0.1, 0.15) is 16.8 Å². The molecule has 6 nitrogen and oxygen atoms in total. The molecule has 0 bridgehead atoms. The Morgan fingerprint density at radius 3 is 2.75 bits per heavy atom. The molecule has 20 heavy (non-hydrogen) atoms. The summed E-state index contributed by atoms with van der Waals surface area (Å²) in [5.74, 6) is 0. The Labute approximate surface area is 117 Å². The maximum Gasteiger partial charge on any atom is 0.241 e. The lowest BCUT2D eigenvalue weighted by molar-refractivity contribution is 0.576. The third-order valence-corrected chi connectivity index (χ3v) is 4.52. The molecule has 1 aromatic heterocycles. The number of aromatic nitrogens is 2. The Morgan fingerprint density at radius 2 is 2.15 bits per heavy atom. The van der Waals surface area contributed by atoms with E-state index in [1.165, 1.54) is 6.07 Å². The molecule has 0 saturated carbocycles. The van der Waals surface area contributed by atoms with E-state index in [9.17, 15) is 8.42 Å². The fourth-order valence-corrected chi connectivity index (χ4v) is 3.05. The van der Waals surface area contributed by atoms with E-state index in [4.69, 9.17) is 5.26 Å². The number of sulfonamides is 1. The molecule has 7 heteroatoms. The second kappa shape index (κ2) is 5.45. The first-order valence-corrected chi connectivity index (χ1v) is 7.39. The zero-order chi connectivity index (χ0) is 14.8. The number of hydrogen-bond donors (Lipinski definition) is 1. The highest BCUT2D eigenvalue weighted by molar-refractivity contribution is 7.89. The predicted octanol–water partition coefficient (Wildman–Crippen LogP) is 1.08. The van der Waals surface area contributed by atoms with Gasteiger partial charge in [0.05, 0.1) is 28.8 Å². The van der Waals surface area contributed by atoms with Crippen LogP contribution >= 0.6 is 0 Å². The van der Waals surface area contributed by atoms with Gasteiger partial charge < -0.3 is 0 Å². The van der Waals surface area contributed by atoms with Crippen LogP contribution in [0.3, 0.4) is 0 Å². The zero-order valence-corrected chi connectivity index (χ0v) is 12.0. The lowest BCUT2D eigenvalue weighted by Crippen LogP contribution is -2.25. The summed E-state index contributed by atoms with van der Waals surface area (Å²) in [4.78, 5) is 0.124. The predicted molar refractivity (Wildman–Crippen MR) is 73.1 cm³/mol. The molecule has 0 amide bonds. The molecule has 1 N–H and O–H groups in total. The van der Waals surface area contributed by atoms with Crippen molar-refractivity contribution in [1.29, 1.82) is 5.26 Å². The zero-order valence-electron chi connectivity index (χ0n) is 11.2. The summed E-state index contributed by atoms with van der Waals surface area (Å²) in [5.41, 5.74) is 1.67. The second-order valence-electron chi connectivity index (χ2n) is 4.36. The van der Waals surface area contributed by atoms with Gasteiger partial charge in [-0.15, -0.1) is 0 Å². The topological polar surface area (TPSA) is 87.8 Å². The smallest absolute Gasteiger partial charge is 0.241 e. The highest BCUT2D eigenvalue weighted by atomic mass is 32.2. The molecule has 1 heterocycles. The third-order valence-electron chi connectivity index (χ3n) is 2.97. The first-order valence-electron chi connectivity index (χ1n) is 5.91. The van der Waals surface area contributed by atoms with Crippen molar-refractivity contribution in [2.45, 2.75) is 18.4 Å². The molecule has 0 aliphatic carbocycles. The van der Waals surface area contributed by atoms with Crippen molar-refractivity contribution in [3.05, 3.63) is 47.3 Å². The highest BCUT2D eigenvalue weighted by Gasteiger charge is 2.17. The van der Waals surface area contributed by atoms with Crippen LogP contribution in [-0.4, -0.2) is 18.2 Å². The molecule has 104 valence electrons. The van der Waals surface area contributed by atoms with Crippen LogP contribution in [0.25, 0.3) is 0 Å². The molecule has 0 aliphatic heterocycles. The molecule has 0 radical (unpaired) electrons. The van der Waals surface area contributed by atoms with Gasteiger partial charge in [-0.25, -0.2) is 13.1 Å². The summed E-state index contributed by atoms with van der Waals surface area (Å²) >= 11 is 0. The number of nitrogens with zero attached hydrogens (tertiary/aromatic N) is 3. The Bertz CT molecular complexity index is 772. The molecule has 0 fully saturated rings. The number of nitrogens with one attached hydrogen (secondary N) is 1. The summed E-state index contributed by atoms with van der Waals surface area (Å²) in [6.07, 6.45) is 1.60. The molecule has 0 spiro atoms. The van der Waals surface area contributed by atoms with Crippen molar-refractivity contribution in [1.82, 2.24) is 14.5 Å². The number of hydrogen-bond acceptors (Lipinski definition) is 4. The van der Waals surface area contributed by atoms with Gasteiger partial charge in [0.2, 0.25) is 10.0 Å². The minimum atomic E-state index is -3.66. The van der Waals surface area contributed by atoms with Crippen LogP contribution < -0.4 is 4.72 Å². The summed E-state index contributed by atoms with van der Waals surface area (Å²) < 4.78 is 28.7. The summed E-state index contributed by atoms with van der Waals surface area (Å²) in [6, 6.07) is 8.27. The minimum absolute atomic E-state index is 0.124. The van der Waals surface area contributed by atoms with Crippen LogP contribution in [0.15, 0.2) is 35.4 Å². The van der Waals surface area contributed by atoms with Gasteiger partial charge in [0.25, 0.3) is 0 Å². The van der Waals surface area contributed by atoms with E-state index in [1.807, 2.05) is 6.07 Å². The van der Waals surface area contributed by atoms with E-state index in [1.54, 1.807) is 43.0 Å². The van der Waals surface area contributed by atoms with Crippen LogP contribution in [0.2, 0.25) is 0 Å². The molecule has 0 atom stereocenters. The van der Waals surface area contributed by atoms with Crippen LogP contribution in [-0.2, 0) is 23.6 Å². The average molecular weight is 290 g/mol. The third kappa shape index (κ3) is 2.87. The Kier molecular flexibility index (Phi) is 3.88. The van der Waals surface area contributed by atoms with Crippen molar-refractivity contribution < 1.29 is 8.42 Å². The lowest BCUT2D eigenvalue weighted by atomic mass is 10.2. The van der Waals surface area contributed by atoms with Gasteiger partial charge >= 0.3 is 0 Å². The number of benzene rings is 1. The average Bonchev–Trinajstić information content (AvgIpc) is 2.82. The number of aryl methyl sites for hydroxylation is 2. The summed E-state index contributed by atoms with van der Waals surface area (Å²) in [6.45, 7) is 1.84. The molecule has 0 aliphatic rings. The quantitative estimate of drug-likeness (QED) is 0.912. The highest BCUT2D eigenvalue weighted by Crippen LogP contribution is 2.17. The maximum atomic E-state index is 12.3. The minimum Gasteiger partial charge on any atom is -0.271 e. The number of nitriles is 1. The lowest BCUT2D eigenvalue weighted by Gasteiger charge is -2.09. The first-order chi connectivity index (χ1) is 9.44. The van der Waals surface area contributed by atoms with Gasteiger partial charge in [-0.3, -0.25) is 4.68 Å². The fourth-order valence-electron chi connectivity index (χ4n) is 1.78. The largest absolute Gasteiger partial charge is 0.271 e. The van der Waals surface area contributed by atoms with Crippen molar-refractivity contribution in [3.8, 4) is 6.07 Å². The second-order valence-corrected chi connectivity index (χ2v) is 6.10. The van der Waals surface area contributed by atoms with Crippen molar-refractivity contribution >= 4 is 10.0 Å². The van der Waals surface area contributed by atoms with Crippen molar-refractivity contribution in [2.24, 2.45) is 7.05 Å². The van der Waals surface area contributed by atoms with E-state index < -0.39 is 10.0 Å². The molecular weight excluding hydrogens is 276 g/mol. The molecule has 2 rings (SSSR count). The maximum absolute atomic E-state index is 12.3. The van der Waals surface area contributed by atoms with E-state index in [2.05, 4.69) is 9.82 Å². The summed E-state index contributed by atoms with van der Waals surface area (Å²) in [5, 5.41) is 12.8. The van der Waals surface area contributed by atoms with Gasteiger partial charge in [0.1, 0.15) is 0 Å². The van der Waals surface area contributed by atoms with E-state index in [-0.39, 0.29) is 11.4 Å². The first kappa shape index (κ1) is 14.2. The normalized spacial score (nSPS) is 11.2. The van der Waals surface area contributed by atoms with Gasteiger partial charge in [-0.05, 0) is 30.7 Å². The monoisotopic (exact) mass is 290 g/mol. The van der Waals surface area contributed by atoms with Gasteiger partial charge in [-0.1, -0.05) is 6.07 Å². The Morgan fingerprint density at radius 1 is 1.40 bits per heavy atom. The van der Waals surface area contributed by atoms with Gasteiger partial charge in [0.15, 0.2) is 0 Å². The fraction of sp³-hybridized carbons (Fsp3) is 0.231. The van der Waals surface area contributed by atoms with Crippen molar-refractivity contribution in [2.75, 3.05) is 0 Å². The Hall–Kier alpha value is -2.17. The van der Waals surface area contributed by atoms with Crippen LogP contribution in [0.5, 0.6) is 0 Å². The van der Waals surface area contributed by atoms with E-state index in [0.717, 1.165) is 5.69 Å². The van der Waals surface area contributed by atoms with Crippen molar-refractivity contribution in [3.63, 3.8) is 0 Å². The molecular formula is C13H14N4O2S. The molecule has 2 aromatic rings. The van der Waals surface area contributed by atoms with Crippen LogP contribution in [0, 0.1) is 18.3 Å². The van der Waals surface area contributed by atoms with Gasteiger partial charge in [-0.2, -0.15) is 10.4 Å². The standard InChI is InChI=1S/C13H14N4O2S/c1-10-3-4-11(8-14)7-13(10)20(18,19)16-9-12-5-6-15-17(12)2/h3-7,16H,9H2,1-2H3. The van der Waals surface area contributed by atoms with E-state index in [0.29, 0.717) is 11.1 Å². The molecule has 0 saturated heterocycles. The summed E-state index contributed by atoms with van der Waals surface area (Å²) in [7, 11) is -1.92. The van der Waals surface area contributed by atoms with Crippen LogP contribution in [0.4, 0.5) is 0 Å². The molecule has 1 aromatic carbocycles. The Balaban J connectivity index is 2.27. The van der Waals surface area contributed by atoms with E-state index >= 15 is 0 Å². The SMILES string of the molecule is Cc1ccc(C#N)cc1S(=O)(=O)NCc1ccnn1C.